The molecule has 1 N–H and O–H groups in total. The molecule has 0 saturated heterocycles. The lowest BCUT2D eigenvalue weighted by atomic mass is 10.1. The van der Waals surface area contributed by atoms with Gasteiger partial charge in [-0.3, -0.25) is 4.79 Å². The summed E-state index contributed by atoms with van der Waals surface area (Å²) < 4.78 is 14.6. The van der Waals surface area contributed by atoms with Crippen LogP contribution in [-0.2, 0) is 6.42 Å². The molecule has 0 atom stereocenters. The van der Waals surface area contributed by atoms with Crippen molar-refractivity contribution in [3.8, 4) is 5.69 Å². The number of hydrogen-bond acceptors (Lipinski definition) is 3. The predicted octanol–water partition coefficient (Wildman–Crippen LogP) is 3.53. The number of carbonyl (C=O) groups excluding carboxylic acids is 1. The fourth-order valence-electron chi connectivity index (χ4n) is 2.44. The van der Waals surface area contributed by atoms with Crippen molar-refractivity contribution in [1.29, 1.82) is 0 Å². The van der Waals surface area contributed by atoms with Crippen molar-refractivity contribution in [2.45, 2.75) is 20.3 Å². The van der Waals surface area contributed by atoms with E-state index < -0.39 is 0 Å². The highest BCUT2D eigenvalue weighted by molar-refractivity contribution is 6.02. The Kier molecular flexibility index (Phi) is 4.37. The standard InChI is InChI=1S/C18H17FN4O/c1-3-13-6-4-5-7-16(13)21-18(24)17-20-12(2)23(22-17)15-10-8-14(19)9-11-15/h4-11H,3H2,1-2H3,(H,21,24). The van der Waals surface area contributed by atoms with E-state index in [2.05, 4.69) is 15.4 Å². The van der Waals surface area contributed by atoms with Gasteiger partial charge >= 0.3 is 0 Å². The summed E-state index contributed by atoms with van der Waals surface area (Å²) in [5.41, 5.74) is 2.44. The maximum absolute atomic E-state index is 13.0. The largest absolute Gasteiger partial charge is 0.319 e. The molecular weight excluding hydrogens is 307 g/mol. The molecule has 0 fully saturated rings. The number of aromatic nitrogens is 3. The molecule has 5 nitrogen and oxygen atoms in total. The van der Waals surface area contributed by atoms with Gasteiger partial charge in [-0.1, -0.05) is 25.1 Å². The number of benzene rings is 2. The smallest absolute Gasteiger partial charge is 0.295 e. The van der Waals surface area contributed by atoms with Gasteiger partial charge in [0, 0.05) is 5.69 Å². The maximum atomic E-state index is 13.0. The Morgan fingerprint density at radius 1 is 1.17 bits per heavy atom. The minimum atomic E-state index is -0.375. The van der Waals surface area contributed by atoms with Crippen molar-refractivity contribution in [2.24, 2.45) is 0 Å². The van der Waals surface area contributed by atoms with Crippen LogP contribution >= 0.6 is 0 Å². The number of nitrogens with one attached hydrogen (secondary N) is 1. The summed E-state index contributed by atoms with van der Waals surface area (Å²) in [6, 6.07) is 13.5. The molecule has 0 aliphatic heterocycles. The Labute approximate surface area is 139 Å². The highest BCUT2D eigenvalue weighted by Gasteiger charge is 2.16. The van der Waals surface area contributed by atoms with Crippen LogP contribution in [0.15, 0.2) is 48.5 Å². The Morgan fingerprint density at radius 2 is 1.88 bits per heavy atom. The molecule has 0 saturated carbocycles. The second-order valence-corrected chi connectivity index (χ2v) is 5.34. The molecule has 122 valence electrons. The molecule has 3 rings (SSSR count). The molecule has 0 unspecified atom stereocenters. The number of anilines is 1. The average molecular weight is 324 g/mol. The summed E-state index contributed by atoms with van der Waals surface area (Å²) in [5.74, 6) is -0.0798. The lowest BCUT2D eigenvalue weighted by Crippen LogP contribution is -2.15. The maximum Gasteiger partial charge on any atom is 0.295 e. The second-order valence-electron chi connectivity index (χ2n) is 5.34. The summed E-state index contributed by atoms with van der Waals surface area (Å²) in [7, 11) is 0. The van der Waals surface area contributed by atoms with E-state index in [0.717, 1.165) is 17.7 Å². The Morgan fingerprint density at radius 3 is 2.58 bits per heavy atom. The van der Waals surface area contributed by atoms with Gasteiger partial charge in [-0.05, 0) is 49.2 Å². The van der Waals surface area contributed by atoms with E-state index in [9.17, 15) is 9.18 Å². The molecule has 1 aromatic heterocycles. The predicted molar refractivity (Wildman–Crippen MR) is 89.8 cm³/mol. The van der Waals surface area contributed by atoms with Gasteiger partial charge in [0.2, 0.25) is 5.82 Å². The normalized spacial score (nSPS) is 10.6. The van der Waals surface area contributed by atoms with Gasteiger partial charge in [0.15, 0.2) is 0 Å². The van der Waals surface area contributed by atoms with E-state index >= 15 is 0 Å². The lowest BCUT2D eigenvalue weighted by molar-refractivity contribution is 0.101. The molecule has 1 heterocycles. The van der Waals surface area contributed by atoms with E-state index in [-0.39, 0.29) is 17.5 Å². The number of amides is 1. The number of para-hydroxylation sites is 1. The van der Waals surface area contributed by atoms with Gasteiger partial charge in [0.1, 0.15) is 11.6 Å². The van der Waals surface area contributed by atoms with E-state index in [1.54, 1.807) is 19.1 Å². The molecule has 0 aliphatic rings. The first-order valence-electron chi connectivity index (χ1n) is 7.67. The van der Waals surface area contributed by atoms with Crippen molar-refractivity contribution >= 4 is 11.6 Å². The SMILES string of the molecule is CCc1ccccc1NC(=O)c1nc(C)n(-c2ccc(F)cc2)n1. The number of carbonyl (C=O) groups is 1. The summed E-state index contributed by atoms with van der Waals surface area (Å²) in [4.78, 5) is 16.6. The van der Waals surface area contributed by atoms with Crippen LogP contribution in [0.2, 0.25) is 0 Å². The number of halogens is 1. The fourth-order valence-corrected chi connectivity index (χ4v) is 2.44. The van der Waals surface area contributed by atoms with Crippen molar-refractivity contribution in [3.05, 3.63) is 71.6 Å². The summed E-state index contributed by atoms with van der Waals surface area (Å²) in [6.45, 7) is 3.77. The number of hydrogen-bond donors (Lipinski definition) is 1. The lowest BCUT2D eigenvalue weighted by Gasteiger charge is -2.07. The molecule has 0 radical (unpaired) electrons. The van der Waals surface area contributed by atoms with Crippen LogP contribution in [0, 0.1) is 12.7 Å². The van der Waals surface area contributed by atoms with Crippen LogP contribution in [0.3, 0.4) is 0 Å². The van der Waals surface area contributed by atoms with E-state index in [1.807, 2.05) is 31.2 Å². The van der Waals surface area contributed by atoms with Gasteiger partial charge < -0.3 is 5.32 Å². The van der Waals surface area contributed by atoms with E-state index in [4.69, 9.17) is 0 Å². The summed E-state index contributed by atoms with van der Waals surface area (Å²) in [6.07, 6.45) is 0.812. The molecule has 0 bridgehead atoms. The molecule has 24 heavy (non-hydrogen) atoms. The first-order valence-corrected chi connectivity index (χ1v) is 7.67. The molecule has 3 aromatic rings. The molecule has 6 heteroatoms. The number of rotatable bonds is 4. The molecule has 1 amide bonds. The zero-order chi connectivity index (χ0) is 17.1. The highest BCUT2D eigenvalue weighted by atomic mass is 19.1. The third-order valence-electron chi connectivity index (χ3n) is 3.69. The topological polar surface area (TPSA) is 59.8 Å². The van der Waals surface area contributed by atoms with Gasteiger partial charge in [0.05, 0.1) is 5.69 Å². The van der Waals surface area contributed by atoms with E-state index in [0.29, 0.717) is 11.5 Å². The number of nitrogens with zero attached hydrogens (tertiary/aromatic N) is 3. The summed E-state index contributed by atoms with van der Waals surface area (Å²) >= 11 is 0. The zero-order valence-corrected chi connectivity index (χ0v) is 13.5. The van der Waals surface area contributed by atoms with Crippen LogP contribution in [0.25, 0.3) is 5.69 Å². The van der Waals surface area contributed by atoms with Crippen LogP contribution in [0.1, 0.15) is 28.9 Å². The number of aryl methyl sites for hydroxylation is 2. The Bertz CT molecular complexity index is 871. The zero-order valence-electron chi connectivity index (χ0n) is 13.5. The van der Waals surface area contributed by atoms with Gasteiger partial charge in [-0.25, -0.2) is 14.1 Å². The fraction of sp³-hybridized carbons (Fsp3) is 0.167. The van der Waals surface area contributed by atoms with Crippen LogP contribution in [0.4, 0.5) is 10.1 Å². The minimum Gasteiger partial charge on any atom is -0.319 e. The second kappa shape index (κ2) is 6.62. The van der Waals surface area contributed by atoms with Gasteiger partial charge in [-0.15, -0.1) is 5.10 Å². The van der Waals surface area contributed by atoms with Crippen molar-refractivity contribution < 1.29 is 9.18 Å². The van der Waals surface area contributed by atoms with Crippen LogP contribution < -0.4 is 5.32 Å². The van der Waals surface area contributed by atoms with Gasteiger partial charge in [-0.2, -0.15) is 0 Å². The monoisotopic (exact) mass is 324 g/mol. The quantitative estimate of drug-likeness (QED) is 0.798. The Hall–Kier alpha value is -3.02. The van der Waals surface area contributed by atoms with Crippen molar-refractivity contribution in [3.63, 3.8) is 0 Å². The first-order chi connectivity index (χ1) is 11.6. The van der Waals surface area contributed by atoms with Crippen LogP contribution in [-0.4, -0.2) is 20.7 Å². The first kappa shape index (κ1) is 15.9. The molecule has 2 aromatic carbocycles. The Balaban J connectivity index is 1.86. The van der Waals surface area contributed by atoms with Crippen molar-refractivity contribution in [2.75, 3.05) is 5.32 Å². The van der Waals surface area contributed by atoms with Crippen LogP contribution in [0.5, 0.6) is 0 Å². The molecule has 0 spiro atoms. The van der Waals surface area contributed by atoms with E-state index in [1.165, 1.54) is 16.8 Å². The summed E-state index contributed by atoms with van der Waals surface area (Å²) in [5, 5.41) is 7.07. The third kappa shape index (κ3) is 3.17. The molecular formula is C18H17FN4O. The van der Waals surface area contributed by atoms with Gasteiger partial charge in [0.25, 0.3) is 5.91 Å². The third-order valence-corrected chi connectivity index (χ3v) is 3.69. The molecule has 0 aliphatic carbocycles. The average Bonchev–Trinajstić information content (AvgIpc) is 2.98. The highest BCUT2D eigenvalue weighted by Crippen LogP contribution is 2.17. The minimum absolute atomic E-state index is 0.0720. The van der Waals surface area contributed by atoms with Crippen molar-refractivity contribution in [1.82, 2.24) is 14.8 Å².